The molecule has 1 aromatic carbocycles. The minimum absolute atomic E-state index is 0. The SMILES string of the molecule is CN1CCN(c2ccc([C@H]3CN(c4nc(-c5ccncc5)cc(=O)n4C)CCN3)cc2)CC1.Cl.Cl.Cl.Cl. The minimum atomic E-state index is -0.0570. The zero-order valence-electron chi connectivity index (χ0n) is 20.9. The second kappa shape index (κ2) is 14.8. The molecule has 0 spiro atoms. The summed E-state index contributed by atoms with van der Waals surface area (Å²) in [6.07, 6.45) is 3.45. The Morgan fingerprint density at radius 3 is 2.14 bits per heavy atom. The van der Waals surface area contributed by atoms with Crippen LogP contribution in [0.5, 0.6) is 0 Å². The predicted molar refractivity (Wildman–Crippen MR) is 161 cm³/mol. The maximum atomic E-state index is 12.7. The molecule has 2 saturated heterocycles. The van der Waals surface area contributed by atoms with E-state index in [4.69, 9.17) is 4.98 Å². The first kappa shape index (κ1) is 33.0. The summed E-state index contributed by atoms with van der Waals surface area (Å²) in [5.74, 6) is 0.704. The molecule has 0 bridgehead atoms. The maximum Gasteiger partial charge on any atom is 0.255 e. The van der Waals surface area contributed by atoms with Crippen molar-refractivity contribution in [1.82, 2.24) is 24.8 Å². The van der Waals surface area contributed by atoms with Crippen molar-refractivity contribution in [3.05, 3.63) is 70.8 Å². The number of anilines is 2. The van der Waals surface area contributed by atoms with E-state index in [1.54, 1.807) is 30.1 Å². The first-order chi connectivity index (χ1) is 16.1. The number of nitrogens with zero attached hydrogens (tertiary/aromatic N) is 6. The molecule has 0 saturated carbocycles. The lowest BCUT2D eigenvalue weighted by atomic mass is 10.0. The Kier molecular flexibility index (Phi) is 13.1. The second-order valence-corrected chi connectivity index (χ2v) is 8.91. The topological polar surface area (TPSA) is 69.5 Å². The van der Waals surface area contributed by atoms with Gasteiger partial charge in [-0.05, 0) is 36.9 Å². The van der Waals surface area contributed by atoms with Crippen LogP contribution in [0.4, 0.5) is 11.6 Å². The molecule has 204 valence electrons. The van der Waals surface area contributed by atoms with E-state index in [1.165, 1.54) is 11.3 Å². The van der Waals surface area contributed by atoms with Crippen LogP contribution < -0.4 is 20.7 Å². The average molecular weight is 591 g/mol. The number of aromatic nitrogens is 3. The highest BCUT2D eigenvalue weighted by molar-refractivity contribution is 5.86. The summed E-state index contributed by atoms with van der Waals surface area (Å²) in [4.78, 5) is 28.7. The summed E-state index contributed by atoms with van der Waals surface area (Å²) in [6.45, 7) is 6.73. The van der Waals surface area contributed by atoms with Crippen LogP contribution in [0.1, 0.15) is 11.6 Å². The quantitative estimate of drug-likeness (QED) is 0.499. The van der Waals surface area contributed by atoms with E-state index in [1.807, 2.05) is 12.1 Å². The molecule has 3 aromatic rings. The van der Waals surface area contributed by atoms with Gasteiger partial charge in [0.2, 0.25) is 5.95 Å². The highest BCUT2D eigenvalue weighted by Crippen LogP contribution is 2.25. The van der Waals surface area contributed by atoms with Gasteiger partial charge in [0.05, 0.1) is 5.69 Å². The Morgan fingerprint density at radius 1 is 0.838 bits per heavy atom. The van der Waals surface area contributed by atoms with Gasteiger partial charge in [-0.1, -0.05) is 12.1 Å². The third-order valence-electron chi connectivity index (χ3n) is 6.71. The van der Waals surface area contributed by atoms with Crippen LogP contribution in [0.3, 0.4) is 0 Å². The standard InChI is InChI=1S/C25H31N7O.4ClH/c1-29-13-15-31(16-14-29)21-5-3-19(4-6-21)23-18-32(12-11-27-23)25-28-22(17-24(33)30(25)2)20-7-9-26-10-8-20;;;;/h3-10,17,23,27H,11-16,18H2,1-2H3;4*1H/t23-;;;;/m1..../s1. The van der Waals surface area contributed by atoms with Crippen LogP contribution in [-0.2, 0) is 7.05 Å². The molecular weight excluding hydrogens is 556 g/mol. The van der Waals surface area contributed by atoms with Crippen molar-refractivity contribution < 1.29 is 0 Å². The van der Waals surface area contributed by atoms with Gasteiger partial charge in [0, 0.05) is 88.6 Å². The number of halogens is 4. The molecule has 1 N–H and O–H groups in total. The Balaban J connectivity index is 0.00000171. The van der Waals surface area contributed by atoms with Crippen LogP contribution in [-0.4, -0.2) is 72.3 Å². The van der Waals surface area contributed by atoms with Crippen molar-refractivity contribution >= 4 is 61.3 Å². The number of hydrogen-bond donors (Lipinski definition) is 1. The fourth-order valence-electron chi connectivity index (χ4n) is 4.62. The molecule has 1 atom stereocenters. The lowest BCUT2D eigenvalue weighted by Crippen LogP contribution is -2.47. The lowest BCUT2D eigenvalue weighted by Gasteiger charge is -2.36. The van der Waals surface area contributed by atoms with E-state index in [0.29, 0.717) is 11.6 Å². The van der Waals surface area contributed by atoms with E-state index in [9.17, 15) is 4.79 Å². The molecule has 0 aliphatic carbocycles. The second-order valence-electron chi connectivity index (χ2n) is 8.91. The van der Waals surface area contributed by atoms with Gasteiger partial charge in [-0.15, -0.1) is 49.6 Å². The molecule has 2 aromatic heterocycles. The Hall–Kier alpha value is -2.07. The summed E-state index contributed by atoms with van der Waals surface area (Å²) >= 11 is 0. The highest BCUT2D eigenvalue weighted by atomic mass is 35.5. The summed E-state index contributed by atoms with van der Waals surface area (Å²) < 4.78 is 1.64. The number of nitrogens with one attached hydrogen (secondary N) is 1. The number of benzene rings is 1. The lowest BCUT2D eigenvalue weighted by molar-refractivity contribution is 0.313. The normalized spacial score (nSPS) is 17.5. The van der Waals surface area contributed by atoms with E-state index >= 15 is 0 Å². The Labute approximate surface area is 243 Å². The molecule has 8 nitrogen and oxygen atoms in total. The summed E-state index contributed by atoms with van der Waals surface area (Å²) in [6, 6.07) is 14.5. The summed E-state index contributed by atoms with van der Waals surface area (Å²) in [5.41, 5.74) is 4.07. The molecule has 2 aliphatic rings. The van der Waals surface area contributed by atoms with Crippen molar-refractivity contribution in [3.63, 3.8) is 0 Å². The van der Waals surface area contributed by atoms with Crippen molar-refractivity contribution in [1.29, 1.82) is 0 Å². The largest absolute Gasteiger partial charge is 0.369 e. The Morgan fingerprint density at radius 2 is 1.49 bits per heavy atom. The molecule has 2 aliphatic heterocycles. The van der Waals surface area contributed by atoms with Gasteiger partial charge >= 0.3 is 0 Å². The molecule has 4 heterocycles. The zero-order chi connectivity index (χ0) is 22.8. The van der Waals surface area contributed by atoms with E-state index in [2.05, 4.69) is 56.3 Å². The van der Waals surface area contributed by atoms with Gasteiger partial charge < -0.3 is 20.0 Å². The monoisotopic (exact) mass is 589 g/mol. The van der Waals surface area contributed by atoms with Gasteiger partial charge in [0.1, 0.15) is 0 Å². The molecule has 0 unspecified atom stereocenters. The third kappa shape index (κ3) is 7.50. The Bertz CT molecular complexity index is 1160. The summed E-state index contributed by atoms with van der Waals surface area (Å²) in [7, 11) is 3.97. The smallest absolute Gasteiger partial charge is 0.255 e. The number of hydrogen-bond acceptors (Lipinski definition) is 7. The molecule has 37 heavy (non-hydrogen) atoms. The molecule has 5 rings (SSSR count). The first-order valence-corrected chi connectivity index (χ1v) is 11.6. The van der Waals surface area contributed by atoms with Crippen molar-refractivity contribution in [2.75, 3.05) is 62.7 Å². The van der Waals surface area contributed by atoms with Crippen molar-refractivity contribution in [3.8, 4) is 11.3 Å². The molecule has 0 radical (unpaired) electrons. The predicted octanol–water partition coefficient (Wildman–Crippen LogP) is 3.43. The highest BCUT2D eigenvalue weighted by Gasteiger charge is 2.24. The zero-order valence-corrected chi connectivity index (χ0v) is 24.2. The van der Waals surface area contributed by atoms with Crippen LogP contribution in [0.2, 0.25) is 0 Å². The molecule has 0 amide bonds. The molecule has 12 heteroatoms. The van der Waals surface area contributed by atoms with Gasteiger partial charge in [0.15, 0.2) is 0 Å². The van der Waals surface area contributed by atoms with Gasteiger partial charge in [-0.3, -0.25) is 14.3 Å². The molecular formula is C25H35Cl4N7O. The van der Waals surface area contributed by atoms with Crippen molar-refractivity contribution in [2.45, 2.75) is 6.04 Å². The summed E-state index contributed by atoms with van der Waals surface area (Å²) in [5, 5.41) is 3.63. The van der Waals surface area contributed by atoms with E-state index in [-0.39, 0.29) is 61.2 Å². The number of likely N-dealkylation sites (N-methyl/N-ethyl adjacent to an activating group) is 1. The minimum Gasteiger partial charge on any atom is -0.369 e. The fraction of sp³-hybridized carbons (Fsp3) is 0.400. The third-order valence-corrected chi connectivity index (χ3v) is 6.71. The maximum absolute atomic E-state index is 12.7. The van der Waals surface area contributed by atoms with Crippen LogP contribution in [0.15, 0.2) is 59.7 Å². The van der Waals surface area contributed by atoms with Gasteiger partial charge in [-0.25, -0.2) is 4.98 Å². The van der Waals surface area contributed by atoms with Crippen LogP contribution in [0, 0.1) is 0 Å². The number of pyridine rings is 1. The number of piperazine rings is 2. The van der Waals surface area contributed by atoms with E-state index in [0.717, 1.165) is 51.4 Å². The molecule has 2 fully saturated rings. The number of rotatable bonds is 4. The van der Waals surface area contributed by atoms with Crippen LogP contribution >= 0.6 is 49.6 Å². The van der Waals surface area contributed by atoms with Gasteiger partial charge in [0.25, 0.3) is 5.56 Å². The average Bonchev–Trinajstić information content (AvgIpc) is 2.87. The van der Waals surface area contributed by atoms with Gasteiger partial charge in [-0.2, -0.15) is 0 Å². The van der Waals surface area contributed by atoms with Crippen molar-refractivity contribution in [2.24, 2.45) is 7.05 Å². The van der Waals surface area contributed by atoms with E-state index < -0.39 is 0 Å². The fourth-order valence-corrected chi connectivity index (χ4v) is 4.62. The van der Waals surface area contributed by atoms with Crippen LogP contribution in [0.25, 0.3) is 11.3 Å². The first-order valence-electron chi connectivity index (χ1n) is 11.6.